The van der Waals surface area contributed by atoms with E-state index in [1.165, 1.54) is 13.2 Å². The van der Waals surface area contributed by atoms with E-state index >= 15 is 0 Å². The first-order chi connectivity index (χ1) is 12.1. The fourth-order valence-corrected chi connectivity index (χ4v) is 2.81. The third-order valence-corrected chi connectivity index (χ3v) is 4.00. The Bertz CT molecular complexity index is 911. The lowest BCUT2D eigenvalue weighted by molar-refractivity contribution is -0.111. The number of fused-ring (bicyclic) bond motifs is 1. The fraction of sp³-hybridized carbons (Fsp3) is 0.150. The number of hydrogen-bond donors (Lipinski definition) is 1. The Balaban J connectivity index is 2.27. The number of benzene rings is 2. The van der Waals surface area contributed by atoms with Crippen molar-refractivity contribution in [1.82, 2.24) is 0 Å². The minimum Gasteiger partial charge on any atom is -0.506 e. The van der Waals surface area contributed by atoms with E-state index in [1.807, 2.05) is 25.1 Å². The number of carbonyl (C=O) groups is 2. The van der Waals surface area contributed by atoms with Crippen LogP contribution in [-0.4, -0.2) is 36.0 Å². The van der Waals surface area contributed by atoms with Crippen molar-refractivity contribution in [1.29, 1.82) is 0 Å². The SMILES string of the molecule is CCN=C(C1=C(O)c2cc(OC)ccc2C(=O)C1=O)c1ccccc1. The molecule has 1 N–H and O–H groups in total. The van der Waals surface area contributed by atoms with Gasteiger partial charge >= 0.3 is 0 Å². The zero-order valence-electron chi connectivity index (χ0n) is 13.9. The number of carbonyl (C=O) groups excluding carboxylic acids is 2. The Morgan fingerprint density at radius 1 is 1.04 bits per heavy atom. The van der Waals surface area contributed by atoms with Gasteiger partial charge in [0.15, 0.2) is 0 Å². The summed E-state index contributed by atoms with van der Waals surface area (Å²) in [6.07, 6.45) is 0. The molecule has 0 saturated carbocycles. The minimum absolute atomic E-state index is 0.0706. The number of aliphatic imine (C=N–C) groups is 1. The molecule has 5 heteroatoms. The van der Waals surface area contributed by atoms with Gasteiger partial charge in [0.05, 0.1) is 18.4 Å². The van der Waals surface area contributed by atoms with Crippen LogP contribution in [0.4, 0.5) is 0 Å². The molecule has 0 heterocycles. The van der Waals surface area contributed by atoms with E-state index in [4.69, 9.17) is 4.74 Å². The van der Waals surface area contributed by atoms with Crippen molar-refractivity contribution in [3.8, 4) is 5.75 Å². The summed E-state index contributed by atoms with van der Waals surface area (Å²) in [4.78, 5) is 29.5. The number of ketones is 2. The lowest BCUT2D eigenvalue weighted by Gasteiger charge is -2.20. The molecule has 3 rings (SSSR count). The molecule has 0 saturated heterocycles. The normalized spacial score (nSPS) is 14.6. The van der Waals surface area contributed by atoms with Crippen molar-refractivity contribution >= 4 is 23.0 Å². The largest absolute Gasteiger partial charge is 0.506 e. The number of nitrogens with zero attached hydrogens (tertiary/aromatic N) is 1. The van der Waals surface area contributed by atoms with Crippen molar-refractivity contribution < 1.29 is 19.4 Å². The van der Waals surface area contributed by atoms with Crippen molar-refractivity contribution in [2.24, 2.45) is 4.99 Å². The molecule has 0 aliphatic heterocycles. The average Bonchev–Trinajstić information content (AvgIpc) is 2.66. The molecule has 5 nitrogen and oxygen atoms in total. The summed E-state index contributed by atoms with van der Waals surface area (Å²) in [6.45, 7) is 2.24. The summed E-state index contributed by atoms with van der Waals surface area (Å²) in [7, 11) is 1.49. The van der Waals surface area contributed by atoms with Crippen LogP contribution in [0.5, 0.6) is 5.75 Å². The van der Waals surface area contributed by atoms with Gasteiger partial charge in [0, 0.05) is 23.2 Å². The average molecular weight is 335 g/mol. The molecule has 0 aromatic heterocycles. The molecule has 2 aromatic carbocycles. The second-order valence-electron chi connectivity index (χ2n) is 5.48. The van der Waals surface area contributed by atoms with Crippen molar-refractivity contribution in [3.05, 3.63) is 70.8 Å². The Hall–Kier alpha value is -3.21. The third-order valence-electron chi connectivity index (χ3n) is 4.00. The van der Waals surface area contributed by atoms with Gasteiger partial charge < -0.3 is 9.84 Å². The van der Waals surface area contributed by atoms with Crippen molar-refractivity contribution in [2.45, 2.75) is 6.92 Å². The standard InChI is InChI=1S/C20H17NO4/c1-3-21-17(12-7-5-4-6-8-12)16-18(22)15-11-13(25-2)9-10-14(15)19(23)20(16)24/h4-11,22H,3H2,1-2H3. The number of Topliss-reactive ketones (excluding diaryl/α,β-unsaturated/α-hetero) is 2. The van der Waals surface area contributed by atoms with Gasteiger partial charge in [0.1, 0.15) is 11.5 Å². The zero-order valence-corrected chi connectivity index (χ0v) is 13.9. The summed E-state index contributed by atoms with van der Waals surface area (Å²) in [6, 6.07) is 13.6. The lowest BCUT2D eigenvalue weighted by atomic mass is 9.84. The van der Waals surface area contributed by atoms with Gasteiger partial charge in [-0.2, -0.15) is 0 Å². The molecule has 126 valence electrons. The molecule has 0 amide bonds. The van der Waals surface area contributed by atoms with Crippen LogP contribution in [0, 0.1) is 0 Å². The van der Waals surface area contributed by atoms with Crippen LogP contribution in [0.15, 0.2) is 59.1 Å². The zero-order chi connectivity index (χ0) is 18.0. The summed E-state index contributed by atoms with van der Waals surface area (Å²) < 4.78 is 5.16. The Morgan fingerprint density at radius 3 is 2.40 bits per heavy atom. The quantitative estimate of drug-likeness (QED) is 0.687. The van der Waals surface area contributed by atoms with E-state index in [2.05, 4.69) is 4.99 Å². The topological polar surface area (TPSA) is 76.0 Å². The molecule has 1 aliphatic carbocycles. The molecule has 0 fully saturated rings. The highest BCUT2D eigenvalue weighted by molar-refractivity contribution is 6.59. The van der Waals surface area contributed by atoms with Crippen LogP contribution in [0.2, 0.25) is 0 Å². The van der Waals surface area contributed by atoms with E-state index in [1.54, 1.807) is 24.3 Å². The van der Waals surface area contributed by atoms with E-state index in [9.17, 15) is 14.7 Å². The molecule has 0 atom stereocenters. The van der Waals surface area contributed by atoms with Gasteiger partial charge in [-0.15, -0.1) is 0 Å². The maximum Gasteiger partial charge on any atom is 0.239 e. The van der Waals surface area contributed by atoms with E-state index in [-0.39, 0.29) is 22.5 Å². The number of hydrogen-bond acceptors (Lipinski definition) is 5. The summed E-state index contributed by atoms with van der Waals surface area (Å²) in [5, 5.41) is 10.8. The molecule has 25 heavy (non-hydrogen) atoms. The van der Waals surface area contributed by atoms with E-state index in [0.29, 0.717) is 23.6 Å². The molecule has 0 unspecified atom stereocenters. The lowest BCUT2D eigenvalue weighted by Crippen LogP contribution is -2.29. The molecular formula is C20H17NO4. The highest BCUT2D eigenvalue weighted by atomic mass is 16.5. The molecule has 0 radical (unpaired) electrons. The van der Waals surface area contributed by atoms with Gasteiger partial charge in [-0.25, -0.2) is 0 Å². The van der Waals surface area contributed by atoms with Gasteiger partial charge in [0.2, 0.25) is 11.6 Å². The monoisotopic (exact) mass is 335 g/mol. The first-order valence-corrected chi connectivity index (χ1v) is 7.89. The van der Waals surface area contributed by atoms with Gasteiger partial charge in [-0.1, -0.05) is 30.3 Å². The smallest absolute Gasteiger partial charge is 0.239 e. The van der Waals surface area contributed by atoms with Gasteiger partial charge in [-0.05, 0) is 25.1 Å². The summed E-state index contributed by atoms with van der Waals surface area (Å²) in [5.74, 6) is -1.19. The van der Waals surface area contributed by atoms with Crippen molar-refractivity contribution in [2.75, 3.05) is 13.7 Å². The molecule has 2 aromatic rings. The first kappa shape index (κ1) is 16.6. The second-order valence-corrected chi connectivity index (χ2v) is 5.48. The molecule has 1 aliphatic rings. The maximum absolute atomic E-state index is 12.7. The molecular weight excluding hydrogens is 318 g/mol. The Kier molecular flexibility index (Phi) is 4.48. The minimum atomic E-state index is -0.758. The van der Waals surface area contributed by atoms with Crippen LogP contribution in [0.3, 0.4) is 0 Å². The first-order valence-electron chi connectivity index (χ1n) is 7.89. The van der Waals surface area contributed by atoms with Crippen LogP contribution >= 0.6 is 0 Å². The second kappa shape index (κ2) is 6.73. The van der Waals surface area contributed by atoms with Gasteiger partial charge in [0.25, 0.3) is 0 Å². The number of rotatable bonds is 4. The number of aliphatic hydroxyl groups is 1. The Morgan fingerprint density at radius 2 is 1.76 bits per heavy atom. The summed E-state index contributed by atoms with van der Waals surface area (Å²) in [5.41, 5.74) is 1.35. The highest BCUT2D eigenvalue weighted by Gasteiger charge is 2.36. The highest BCUT2D eigenvalue weighted by Crippen LogP contribution is 2.32. The van der Waals surface area contributed by atoms with Crippen LogP contribution in [-0.2, 0) is 4.79 Å². The van der Waals surface area contributed by atoms with Crippen molar-refractivity contribution in [3.63, 3.8) is 0 Å². The van der Waals surface area contributed by atoms with E-state index < -0.39 is 11.6 Å². The fourth-order valence-electron chi connectivity index (χ4n) is 2.81. The maximum atomic E-state index is 12.7. The van der Waals surface area contributed by atoms with E-state index in [0.717, 1.165) is 0 Å². The number of aliphatic hydroxyl groups excluding tert-OH is 1. The Labute approximate surface area is 145 Å². The number of methoxy groups -OCH3 is 1. The van der Waals surface area contributed by atoms with Crippen LogP contribution in [0.25, 0.3) is 5.76 Å². The summed E-state index contributed by atoms with van der Waals surface area (Å²) >= 11 is 0. The van der Waals surface area contributed by atoms with Crippen LogP contribution in [0.1, 0.15) is 28.4 Å². The number of ether oxygens (including phenoxy) is 1. The number of allylic oxidation sites excluding steroid dienone is 1. The van der Waals surface area contributed by atoms with Gasteiger partial charge in [-0.3, -0.25) is 14.6 Å². The van der Waals surface area contributed by atoms with Crippen LogP contribution < -0.4 is 4.74 Å². The molecule has 0 spiro atoms. The third kappa shape index (κ3) is 2.85. The predicted molar refractivity (Wildman–Crippen MR) is 95.4 cm³/mol. The predicted octanol–water partition coefficient (Wildman–Crippen LogP) is 3.24. The molecule has 0 bridgehead atoms.